The zero-order chi connectivity index (χ0) is 18.1. The van der Waals surface area contributed by atoms with E-state index < -0.39 is 0 Å². The molecule has 5 nitrogen and oxygen atoms in total. The molecule has 138 valence electrons. The summed E-state index contributed by atoms with van der Waals surface area (Å²) >= 11 is 0. The Bertz CT molecular complexity index is 882. The van der Waals surface area contributed by atoms with Crippen molar-refractivity contribution in [3.8, 4) is 5.75 Å². The number of hydrogen-bond acceptors (Lipinski definition) is 5. The fourth-order valence-corrected chi connectivity index (χ4v) is 3.59. The summed E-state index contributed by atoms with van der Waals surface area (Å²) in [6.45, 7) is 2.61. The van der Waals surface area contributed by atoms with E-state index in [1.807, 2.05) is 20.2 Å². The molecule has 1 saturated heterocycles. The first-order chi connectivity index (χ1) is 12.6. The minimum absolute atomic E-state index is 0.243. The van der Waals surface area contributed by atoms with Gasteiger partial charge in [0.1, 0.15) is 11.5 Å². The Labute approximate surface area is 153 Å². The van der Waals surface area contributed by atoms with Crippen molar-refractivity contribution in [1.29, 1.82) is 0 Å². The van der Waals surface area contributed by atoms with Gasteiger partial charge in [-0.3, -0.25) is 0 Å². The minimum Gasteiger partial charge on any atom is -0.508 e. The van der Waals surface area contributed by atoms with Gasteiger partial charge in [0.2, 0.25) is 0 Å². The molecule has 2 heterocycles. The van der Waals surface area contributed by atoms with Crippen molar-refractivity contribution >= 4 is 17.7 Å². The van der Waals surface area contributed by atoms with Crippen molar-refractivity contribution < 1.29 is 19.3 Å². The number of allylic oxidation sites excluding steroid dienone is 1. The van der Waals surface area contributed by atoms with Gasteiger partial charge in [-0.1, -0.05) is 18.2 Å². The van der Waals surface area contributed by atoms with Crippen molar-refractivity contribution in [2.75, 3.05) is 40.5 Å². The van der Waals surface area contributed by atoms with Crippen LogP contribution in [0.3, 0.4) is 0 Å². The highest BCUT2D eigenvalue weighted by molar-refractivity contribution is 5.76. The molecule has 0 radical (unpaired) electrons. The van der Waals surface area contributed by atoms with Crippen LogP contribution in [0.2, 0.25) is 0 Å². The zero-order valence-corrected chi connectivity index (χ0v) is 15.3. The molecule has 4 rings (SSSR count). The van der Waals surface area contributed by atoms with E-state index in [0.29, 0.717) is 26.2 Å². The van der Waals surface area contributed by atoms with Crippen molar-refractivity contribution in [2.45, 2.75) is 19.1 Å². The van der Waals surface area contributed by atoms with Crippen LogP contribution in [0.5, 0.6) is 5.75 Å². The number of likely N-dealkylation sites (N-methyl/N-ethyl adjacent to an activating group) is 1. The van der Waals surface area contributed by atoms with E-state index in [4.69, 9.17) is 14.2 Å². The summed E-state index contributed by atoms with van der Waals surface area (Å²) in [5.41, 5.74) is 3.11. The molecule has 0 aromatic heterocycles. The zero-order valence-electron chi connectivity index (χ0n) is 15.3. The predicted molar refractivity (Wildman–Crippen MR) is 101 cm³/mol. The number of hydrogen-bond donors (Lipinski definition) is 1. The molecule has 1 aromatic rings. The fraction of sp³-hybridized carbons (Fsp3) is 0.429. The van der Waals surface area contributed by atoms with Crippen LogP contribution in [0.4, 0.5) is 0 Å². The second kappa shape index (κ2) is 7.27. The SMILES string of the molecule is CN(C)CCO[C@@H]1CC2=CC(O)=Cc3c4c(ccc3=C2CO1)=CCCO4. The van der Waals surface area contributed by atoms with Crippen molar-refractivity contribution in [3.05, 3.63) is 45.5 Å². The molecule has 0 spiro atoms. The molecule has 1 atom stereocenters. The van der Waals surface area contributed by atoms with Gasteiger partial charge in [-0.25, -0.2) is 0 Å². The lowest BCUT2D eigenvalue weighted by Gasteiger charge is -2.28. The van der Waals surface area contributed by atoms with E-state index in [1.54, 1.807) is 6.08 Å². The standard InChI is InChI=1S/C21H25NO4/c1-22(2)7-9-24-20-11-15-10-16(23)12-18-17(19(15)13-26-20)6-5-14-4-3-8-25-21(14)18/h4-6,10,12,20,23H,3,7-9,11,13H2,1-2H3/t20-/m0/s1. The molecule has 5 heteroatoms. The maximum Gasteiger partial charge on any atom is 0.162 e. The third-order valence-electron chi connectivity index (χ3n) is 4.92. The molecule has 0 bridgehead atoms. The molecule has 3 aliphatic rings. The molecule has 0 saturated carbocycles. The van der Waals surface area contributed by atoms with E-state index in [9.17, 15) is 5.11 Å². The topological polar surface area (TPSA) is 51.2 Å². The summed E-state index contributed by atoms with van der Waals surface area (Å²) in [6.07, 6.45) is 7.08. The summed E-state index contributed by atoms with van der Waals surface area (Å²) in [6, 6.07) is 4.20. The third-order valence-corrected chi connectivity index (χ3v) is 4.92. The first-order valence-electron chi connectivity index (χ1n) is 9.10. The van der Waals surface area contributed by atoms with E-state index in [2.05, 4.69) is 23.1 Å². The van der Waals surface area contributed by atoms with Crippen LogP contribution in [0.1, 0.15) is 18.4 Å². The molecule has 1 N–H and O–H groups in total. The van der Waals surface area contributed by atoms with Gasteiger partial charge in [-0.05, 0) is 42.6 Å². The van der Waals surface area contributed by atoms with E-state index in [-0.39, 0.29) is 12.0 Å². The van der Waals surface area contributed by atoms with Crippen molar-refractivity contribution in [1.82, 2.24) is 4.90 Å². The van der Waals surface area contributed by atoms with Gasteiger partial charge in [0, 0.05) is 30.2 Å². The van der Waals surface area contributed by atoms with Gasteiger partial charge < -0.3 is 24.2 Å². The minimum atomic E-state index is -0.276. The average molecular weight is 355 g/mol. The van der Waals surface area contributed by atoms with E-state index >= 15 is 0 Å². The van der Waals surface area contributed by atoms with Gasteiger partial charge in [-0.2, -0.15) is 0 Å². The molecular weight excluding hydrogens is 330 g/mol. The van der Waals surface area contributed by atoms with Crippen LogP contribution >= 0.6 is 0 Å². The number of fused-ring (bicyclic) bond motifs is 4. The number of ether oxygens (including phenoxy) is 3. The van der Waals surface area contributed by atoms with Gasteiger partial charge in [0.25, 0.3) is 0 Å². The van der Waals surface area contributed by atoms with E-state index in [1.165, 1.54) is 0 Å². The van der Waals surface area contributed by atoms with Crippen LogP contribution in [-0.2, 0) is 9.47 Å². The van der Waals surface area contributed by atoms with Crippen molar-refractivity contribution in [3.63, 3.8) is 0 Å². The first-order valence-corrected chi connectivity index (χ1v) is 9.10. The molecule has 2 aliphatic heterocycles. The summed E-state index contributed by atoms with van der Waals surface area (Å²) in [4.78, 5) is 2.08. The maximum atomic E-state index is 10.4. The highest BCUT2D eigenvalue weighted by Gasteiger charge is 2.25. The highest BCUT2D eigenvalue weighted by atomic mass is 16.7. The molecule has 1 aromatic carbocycles. The molecule has 26 heavy (non-hydrogen) atoms. The van der Waals surface area contributed by atoms with Gasteiger partial charge in [0.15, 0.2) is 6.29 Å². The molecular formula is C21H25NO4. The van der Waals surface area contributed by atoms with E-state index in [0.717, 1.165) is 45.9 Å². The lowest BCUT2D eigenvalue weighted by molar-refractivity contribution is -0.139. The number of nitrogens with zero attached hydrogens (tertiary/aromatic N) is 1. The Balaban J connectivity index is 1.68. The number of aliphatic hydroxyl groups excluding tert-OH is 1. The summed E-state index contributed by atoms with van der Waals surface area (Å²) < 4.78 is 17.7. The van der Waals surface area contributed by atoms with Crippen LogP contribution < -0.4 is 15.2 Å². The lowest BCUT2D eigenvalue weighted by atomic mass is 9.96. The molecule has 0 amide bonds. The second-order valence-electron chi connectivity index (χ2n) is 7.12. The number of aliphatic hydroxyl groups is 1. The fourth-order valence-electron chi connectivity index (χ4n) is 3.59. The third kappa shape index (κ3) is 3.43. The number of benzene rings is 1. The Morgan fingerprint density at radius 3 is 3.00 bits per heavy atom. The van der Waals surface area contributed by atoms with Crippen LogP contribution in [0.15, 0.2) is 29.5 Å². The maximum absolute atomic E-state index is 10.4. The van der Waals surface area contributed by atoms with Crippen molar-refractivity contribution in [2.24, 2.45) is 0 Å². The summed E-state index contributed by atoms with van der Waals surface area (Å²) in [5.74, 6) is 1.10. The Morgan fingerprint density at radius 2 is 2.15 bits per heavy atom. The largest absolute Gasteiger partial charge is 0.508 e. The predicted octanol–water partition coefficient (Wildman–Crippen LogP) is 1.56. The van der Waals surface area contributed by atoms with Gasteiger partial charge in [0.05, 0.1) is 19.8 Å². The second-order valence-corrected chi connectivity index (χ2v) is 7.12. The smallest absolute Gasteiger partial charge is 0.162 e. The Morgan fingerprint density at radius 1 is 1.27 bits per heavy atom. The first kappa shape index (κ1) is 17.3. The molecule has 1 aliphatic carbocycles. The normalized spacial score (nSPS) is 21.5. The van der Waals surface area contributed by atoms with Gasteiger partial charge >= 0.3 is 0 Å². The lowest BCUT2D eigenvalue weighted by Crippen LogP contribution is -2.31. The quantitative estimate of drug-likeness (QED) is 0.888. The van der Waals surface area contributed by atoms with Crippen LogP contribution in [-0.4, -0.2) is 56.8 Å². The highest BCUT2D eigenvalue weighted by Crippen LogP contribution is 2.30. The Kier molecular flexibility index (Phi) is 4.85. The summed E-state index contributed by atoms with van der Waals surface area (Å²) in [7, 11) is 4.04. The summed E-state index contributed by atoms with van der Waals surface area (Å²) in [5, 5.41) is 12.6. The number of rotatable bonds is 4. The van der Waals surface area contributed by atoms with Crippen LogP contribution in [0, 0.1) is 0 Å². The molecule has 0 unspecified atom stereocenters. The van der Waals surface area contributed by atoms with Crippen LogP contribution in [0.25, 0.3) is 17.7 Å². The average Bonchev–Trinajstić information content (AvgIpc) is 2.76. The Hall–Kier alpha value is -2.08. The van der Waals surface area contributed by atoms with Gasteiger partial charge in [-0.15, -0.1) is 0 Å². The monoisotopic (exact) mass is 355 g/mol. The molecule has 1 fully saturated rings.